The maximum Gasteiger partial charge on any atom is 0.0528 e. The van der Waals surface area contributed by atoms with Gasteiger partial charge in [-0.05, 0) is 11.6 Å². The van der Waals surface area contributed by atoms with E-state index in [1.54, 1.807) is 6.20 Å². The van der Waals surface area contributed by atoms with Crippen molar-refractivity contribution in [3.05, 3.63) is 48.2 Å². The molecule has 0 saturated heterocycles. The molecule has 2 rings (SSSR count). The van der Waals surface area contributed by atoms with E-state index in [9.17, 15) is 0 Å². The number of nitrogens with zero attached hydrogens (tertiary/aromatic N) is 1. The second-order valence-corrected chi connectivity index (χ2v) is 3.43. The van der Waals surface area contributed by atoms with Crippen LogP contribution >= 0.6 is 12.2 Å². The lowest BCUT2D eigenvalue weighted by atomic mass is 10.0. The molecule has 0 saturated carbocycles. The van der Waals surface area contributed by atoms with Crippen LogP contribution in [0.25, 0.3) is 0 Å². The minimum absolute atomic E-state index is 0.788. The van der Waals surface area contributed by atoms with Crippen molar-refractivity contribution in [3.63, 3.8) is 0 Å². The topological polar surface area (TPSA) is 12.4 Å². The molecule has 0 fully saturated rings. The number of hydrogen-bond acceptors (Lipinski definition) is 2. The highest BCUT2D eigenvalue weighted by Crippen LogP contribution is 2.10. The zero-order valence-electron chi connectivity index (χ0n) is 7.10. The number of aliphatic imine (C=N–C) groups is 1. The summed E-state index contributed by atoms with van der Waals surface area (Å²) in [4.78, 5) is 5.25. The van der Waals surface area contributed by atoms with E-state index in [2.05, 4.69) is 17.1 Å². The van der Waals surface area contributed by atoms with Gasteiger partial charge in [-0.1, -0.05) is 42.5 Å². The molecular formula is C11H9NS. The minimum Gasteiger partial charge on any atom is -0.260 e. The van der Waals surface area contributed by atoms with Crippen molar-refractivity contribution >= 4 is 22.8 Å². The number of benzene rings is 1. The number of allylic oxidation sites excluding steroid dienone is 1. The smallest absolute Gasteiger partial charge is 0.0528 e. The van der Waals surface area contributed by atoms with E-state index in [1.807, 2.05) is 24.3 Å². The summed E-state index contributed by atoms with van der Waals surface area (Å²) in [7, 11) is 0. The van der Waals surface area contributed by atoms with Crippen LogP contribution in [0.4, 0.5) is 0 Å². The third-order valence-electron chi connectivity index (χ3n) is 1.94. The van der Waals surface area contributed by atoms with Crippen molar-refractivity contribution in [2.45, 2.75) is 6.42 Å². The average molecular weight is 187 g/mol. The van der Waals surface area contributed by atoms with Crippen molar-refractivity contribution in [1.29, 1.82) is 0 Å². The Morgan fingerprint density at radius 2 is 1.92 bits per heavy atom. The Morgan fingerprint density at radius 1 is 1.15 bits per heavy atom. The van der Waals surface area contributed by atoms with E-state index in [0.717, 1.165) is 22.6 Å². The van der Waals surface area contributed by atoms with E-state index >= 15 is 0 Å². The second kappa shape index (κ2) is 3.62. The Labute approximate surface area is 82.8 Å². The van der Waals surface area contributed by atoms with Crippen LogP contribution in [0.2, 0.25) is 0 Å². The van der Waals surface area contributed by atoms with Crippen LogP contribution < -0.4 is 0 Å². The lowest BCUT2D eigenvalue weighted by molar-refractivity contribution is 1.42. The van der Waals surface area contributed by atoms with Gasteiger partial charge in [-0.2, -0.15) is 0 Å². The summed E-state index contributed by atoms with van der Waals surface area (Å²) in [5.41, 5.74) is 2.22. The van der Waals surface area contributed by atoms with Gasteiger partial charge in [0.25, 0.3) is 0 Å². The van der Waals surface area contributed by atoms with Crippen LogP contribution in [0, 0.1) is 0 Å². The SMILES string of the molecule is S=C1C=CN=C(c2ccccc2)C1. The molecule has 1 aliphatic heterocycles. The molecule has 1 aromatic rings. The highest BCUT2D eigenvalue weighted by molar-refractivity contribution is 7.80. The van der Waals surface area contributed by atoms with Gasteiger partial charge in [0, 0.05) is 17.5 Å². The lowest BCUT2D eigenvalue weighted by Gasteiger charge is -2.07. The molecule has 0 aromatic heterocycles. The predicted molar refractivity (Wildman–Crippen MR) is 59.3 cm³/mol. The third-order valence-corrected chi connectivity index (χ3v) is 2.22. The second-order valence-electron chi connectivity index (χ2n) is 2.90. The molecule has 1 nitrogen and oxygen atoms in total. The van der Waals surface area contributed by atoms with Crippen molar-refractivity contribution in [2.24, 2.45) is 4.99 Å². The fourth-order valence-corrected chi connectivity index (χ4v) is 1.48. The van der Waals surface area contributed by atoms with E-state index < -0.39 is 0 Å². The van der Waals surface area contributed by atoms with Crippen LogP contribution in [-0.4, -0.2) is 10.6 Å². The van der Waals surface area contributed by atoms with Gasteiger partial charge in [0.15, 0.2) is 0 Å². The summed E-state index contributed by atoms with van der Waals surface area (Å²) >= 11 is 5.12. The molecule has 1 heterocycles. The van der Waals surface area contributed by atoms with E-state index in [1.165, 1.54) is 0 Å². The average Bonchev–Trinajstić information content (AvgIpc) is 2.19. The molecule has 0 unspecified atom stereocenters. The van der Waals surface area contributed by atoms with Crippen molar-refractivity contribution in [2.75, 3.05) is 0 Å². The Bertz CT molecular complexity index is 376. The largest absolute Gasteiger partial charge is 0.260 e. The normalized spacial score (nSPS) is 15.7. The molecule has 0 bridgehead atoms. The predicted octanol–water partition coefficient (Wildman–Crippen LogP) is 2.76. The van der Waals surface area contributed by atoms with Gasteiger partial charge in [-0.3, -0.25) is 4.99 Å². The number of hydrogen-bond donors (Lipinski definition) is 0. The van der Waals surface area contributed by atoms with Crippen LogP contribution in [0.3, 0.4) is 0 Å². The van der Waals surface area contributed by atoms with Crippen LogP contribution in [-0.2, 0) is 0 Å². The summed E-state index contributed by atoms with van der Waals surface area (Å²) in [6.07, 6.45) is 4.44. The summed E-state index contributed by atoms with van der Waals surface area (Å²) in [6.45, 7) is 0. The zero-order valence-corrected chi connectivity index (χ0v) is 7.92. The molecule has 0 atom stereocenters. The molecule has 1 aromatic carbocycles. The van der Waals surface area contributed by atoms with E-state index in [4.69, 9.17) is 12.2 Å². The molecule has 0 radical (unpaired) electrons. The van der Waals surface area contributed by atoms with Crippen molar-refractivity contribution in [1.82, 2.24) is 0 Å². The van der Waals surface area contributed by atoms with Gasteiger partial charge >= 0.3 is 0 Å². The first-order valence-electron chi connectivity index (χ1n) is 4.18. The molecule has 0 spiro atoms. The molecule has 0 aliphatic carbocycles. The summed E-state index contributed by atoms with van der Waals surface area (Å²) in [5, 5.41) is 0. The molecule has 2 heteroatoms. The summed E-state index contributed by atoms with van der Waals surface area (Å²) in [5.74, 6) is 0. The lowest BCUT2D eigenvalue weighted by Crippen LogP contribution is -2.08. The molecule has 64 valence electrons. The molecule has 13 heavy (non-hydrogen) atoms. The monoisotopic (exact) mass is 187 g/mol. The van der Waals surface area contributed by atoms with Crippen LogP contribution in [0.15, 0.2) is 47.6 Å². The van der Waals surface area contributed by atoms with Crippen LogP contribution in [0.1, 0.15) is 12.0 Å². The third kappa shape index (κ3) is 1.90. The molecule has 0 amide bonds. The first kappa shape index (κ1) is 8.32. The van der Waals surface area contributed by atoms with Gasteiger partial charge in [0.2, 0.25) is 0 Å². The summed E-state index contributed by atoms with van der Waals surface area (Å²) < 4.78 is 0. The Kier molecular flexibility index (Phi) is 2.32. The zero-order chi connectivity index (χ0) is 9.10. The fourth-order valence-electron chi connectivity index (χ4n) is 1.29. The maximum atomic E-state index is 5.12. The van der Waals surface area contributed by atoms with E-state index in [-0.39, 0.29) is 0 Å². The minimum atomic E-state index is 0.788. The van der Waals surface area contributed by atoms with Gasteiger partial charge in [-0.15, -0.1) is 0 Å². The first-order chi connectivity index (χ1) is 6.36. The van der Waals surface area contributed by atoms with Crippen LogP contribution in [0.5, 0.6) is 0 Å². The van der Waals surface area contributed by atoms with Gasteiger partial charge in [0.05, 0.1) is 5.71 Å². The highest BCUT2D eigenvalue weighted by atomic mass is 32.1. The van der Waals surface area contributed by atoms with E-state index in [0.29, 0.717) is 0 Å². The van der Waals surface area contributed by atoms with Gasteiger partial charge in [0.1, 0.15) is 0 Å². The Morgan fingerprint density at radius 3 is 2.62 bits per heavy atom. The Balaban J connectivity index is 2.33. The first-order valence-corrected chi connectivity index (χ1v) is 4.58. The standard InChI is InChI=1S/C11H9NS/c13-10-6-7-12-11(8-10)9-4-2-1-3-5-9/h1-7H,8H2. The molecule has 0 N–H and O–H groups in total. The number of rotatable bonds is 1. The quantitative estimate of drug-likeness (QED) is 0.616. The van der Waals surface area contributed by atoms with Gasteiger partial charge < -0.3 is 0 Å². The highest BCUT2D eigenvalue weighted by Gasteiger charge is 2.06. The molecular weight excluding hydrogens is 178 g/mol. The van der Waals surface area contributed by atoms with Gasteiger partial charge in [-0.25, -0.2) is 0 Å². The maximum absolute atomic E-state index is 5.12. The number of thiocarbonyl (C=S) groups is 1. The molecule has 1 aliphatic rings. The summed E-state index contributed by atoms with van der Waals surface area (Å²) in [6, 6.07) is 10.1. The fraction of sp³-hybridized carbons (Fsp3) is 0.0909. The van der Waals surface area contributed by atoms with Crippen molar-refractivity contribution < 1.29 is 0 Å². The Hall–Kier alpha value is -1.28. The van der Waals surface area contributed by atoms with Crippen molar-refractivity contribution in [3.8, 4) is 0 Å².